The number of carbonyl (C=O) groups excluding carboxylic acids is 2. The van der Waals surface area contributed by atoms with Gasteiger partial charge in [0.05, 0.1) is 18.2 Å². The summed E-state index contributed by atoms with van der Waals surface area (Å²) in [6.45, 7) is 0.463. The van der Waals surface area contributed by atoms with Gasteiger partial charge in [-0.05, 0) is 17.7 Å². The number of phenols is 1. The maximum Gasteiger partial charge on any atom is 0.295 e. The average molecular weight is 353 g/mol. The van der Waals surface area contributed by atoms with E-state index in [0.717, 1.165) is 0 Å². The van der Waals surface area contributed by atoms with E-state index in [1.165, 1.54) is 24.1 Å². The Morgan fingerprint density at radius 3 is 2.35 bits per heavy atom. The molecule has 1 aliphatic rings. The van der Waals surface area contributed by atoms with Gasteiger partial charge in [-0.1, -0.05) is 42.5 Å². The largest absolute Gasteiger partial charge is 0.508 e. The molecule has 0 unspecified atom stereocenters. The van der Waals surface area contributed by atoms with E-state index >= 15 is 0 Å². The predicted molar refractivity (Wildman–Crippen MR) is 95.4 cm³/mol. The topological polar surface area (TPSA) is 87.1 Å². The third-order valence-electron chi connectivity index (χ3n) is 4.33. The molecule has 2 N–H and O–H groups in total. The molecular weight excluding hydrogens is 334 g/mol. The predicted octanol–water partition coefficient (Wildman–Crippen LogP) is 2.46. The minimum Gasteiger partial charge on any atom is -0.508 e. The fourth-order valence-corrected chi connectivity index (χ4v) is 3.05. The lowest BCUT2D eigenvalue weighted by molar-refractivity contribution is -0.140. The summed E-state index contributed by atoms with van der Waals surface area (Å²) in [6.07, 6.45) is 0. The van der Waals surface area contributed by atoms with Crippen LogP contribution in [-0.2, 0) is 14.3 Å². The quantitative estimate of drug-likeness (QED) is 0.490. The molecule has 1 fully saturated rings. The summed E-state index contributed by atoms with van der Waals surface area (Å²) in [5, 5.41) is 20.3. The van der Waals surface area contributed by atoms with Gasteiger partial charge >= 0.3 is 0 Å². The molecule has 26 heavy (non-hydrogen) atoms. The van der Waals surface area contributed by atoms with E-state index in [0.29, 0.717) is 11.1 Å². The molecule has 0 spiro atoms. The Kier molecular flexibility index (Phi) is 5.04. The van der Waals surface area contributed by atoms with E-state index in [2.05, 4.69) is 0 Å². The van der Waals surface area contributed by atoms with Crippen molar-refractivity contribution >= 4 is 17.4 Å². The summed E-state index contributed by atoms with van der Waals surface area (Å²) in [5.41, 5.74) is 1.11. The van der Waals surface area contributed by atoms with Crippen LogP contribution in [0.3, 0.4) is 0 Å². The Bertz CT molecular complexity index is 842. The van der Waals surface area contributed by atoms with Crippen LogP contribution < -0.4 is 0 Å². The number of likely N-dealkylation sites (tertiary alicyclic amines) is 1. The number of hydrogen-bond acceptors (Lipinski definition) is 5. The summed E-state index contributed by atoms with van der Waals surface area (Å²) < 4.78 is 5.05. The minimum atomic E-state index is -0.744. The smallest absolute Gasteiger partial charge is 0.295 e. The molecule has 2 aromatic carbocycles. The standard InChI is InChI=1S/C20H19NO5/c1-26-12-11-21-17(13-7-9-15(22)10-8-13)16(19(24)20(21)25)18(23)14-5-3-2-4-6-14/h2-10,17,22-23H,11-12H2,1H3/t17-/m0/s1. The van der Waals surface area contributed by atoms with Gasteiger partial charge < -0.3 is 19.8 Å². The molecule has 0 radical (unpaired) electrons. The average Bonchev–Trinajstić information content (AvgIpc) is 2.91. The van der Waals surface area contributed by atoms with Crippen molar-refractivity contribution in [3.8, 4) is 5.75 Å². The van der Waals surface area contributed by atoms with Crippen LogP contribution in [0.25, 0.3) is 5.76 Å². The maximum atomic E-state index is 12.6. The molecule has 3 rings (SSSR count). The number of carbonyl (C=O) groups is 2. The van der Waals surface area contributed by atoms with Crippen molar-refractivity contribution in [2.75, 3.05) is 20.3 Å². The number of ketones is 1. The van der Waals surface area contributed by atoms with E-state index in [1.807, 2.05) is 0 Å². The van der Waals surface area contributed by atoms with Gasteiger partial charge in [0, 0.05) is 19.2 Å². The van der Waals surface area contributed by atoms with Crippen molar-refractivity contribution in [3.63, 3.8) is 0 Å². The van der Waals surface area contributed by atoms with Gasteiger partial charge in [0.1, 0.15) is 11.5 Å². The highest BCUT2D eigenvalue weighted by Crippen LogP contribution is 2.39. The molecule has 0 saturated carbocycles. The summed E-state index contributed by atoms with van der Waals surface area (Å²) in [6, 6.07) is 14.1. The molecule has 0 aliphatic carbocycles. The van der Waals surface area contributed by atoms with Crippen molar-refractivity contribution in [1.82, 2.24) is 4.90 Å². The highest BCUT2D eigenvalue weighted by atomic mass is 16.5. The van der Waals surface area contributed by atoms with Crippen molar-refractivity contribution in [2.24, 2.45) is 0 Å². The normalized spacial score (nSPS) is 19.1. The summed E-state index contributed by atoms with van der Waals surface area (Å²) in [5.74, 6) is -1.56. The number of aliphatic hydroxyl groups is 1. The van der Waals surface area contributed by atoms with Gasteiger partial charge in [-0.25, -0.2) is 0 Å². The first-order valence-electron chi connectivity index (χ1n) is 8.16. The third-order valence-corrected chi connectivity index (χ3v) is 4.33. The third kappa shape index (κ3) is 3.19. The van der Waals surface area contributed by atoms with Crippen LogP contribution in [0.4, 0.5) is 0 Å². The second-order valence-electron chi connectivity index (χ2n) is 5.94. The van der Waals surface area contributed by atoms with Crippen LogP contribution >= 0.6 is 0 Å². The Morgan fingerprint density at radius 1 is 1.08 bits per heavy atom. The van der Waals surface area contributed by atoms with E-state index < -0.39 is 17.7 Å². The number of benzene rings is 2. The zero-order valence-corrected chi connectivity index (χ0v) is 14.3. The van der Waals surface area contributed by atoms with Gasteiger partial charge in [-0.15, -0.1) is 0 Å². The van der Waals surface area contributed by atoms with Crippen LogP contribution in [0, 0.1) is 0 Å². The number of ether oxygens (including phenoxy) is 1. The van der Waals surface area contributed by atoms with E-state index in [-0.39, 0.29) is 30.2 Å². The highest BCUT2D eigenvalue weighted by Gasteiger charge is 2.45. The molecule has 6 nitrogen and oxygen atoms in total. The van der Waals surface area contributed by atoms with Crippen molar-refractivity contribution in [1.29, 1.82) is 0 Å². The van der Waals surface area contributed by atoms with Crippen molar-refractivity contribution in [2.45, 2.75) is 6.04 Å². The SMILES string of the molecule is COCCN1C(=O)C(=O)C(=C(O)c2ccccc2)[C@@H]1c1ccc(O)cc1. The Morgan fingerprint density at radius 2 is 1.73 bits per heavy atom. The van der Waals surface area contributed by atoms with E-state index in [4.69, 9.17) is 4.74 Å². The van der Waals surface area contributed by atoms with Crippen LogP contribution in [0.15, 0.2) is 60.2 Å². The molecule has 1 amide bonds. The van der Waals surface area contributed by atoms with Crippen LogP contribution in [-0.4, -0.2) is 47.1 Å². The van der Waals surface area contributed by atoms with Gasteiger partial charge in [-0.2, -0.15) is 0 Å². The number of nitrogens with zero attached hydrogens (tertiary/aromatic N) is 1. The Hall–Kier alpha value is -3.12. The molecule has 1 saturated heterocycles. The molecule has 2 aromatic rings. The summed E-state index contributed by atoms with van der Waals surface area (Å²) in [7, 11) is 1.51. The van der Waals surface area contributed by atoms with E-state index in [9.17, 15) is 19.8 Å². The number of aliphatic hydroxyl groups excluding tert-OH is 1. The number of rotatable bonds is 5. The van der Waals surface area contributed by atoms with Crippen LogP contribution in [0.2, 0.25) is 0 Å². The molecule has 1 heterocycles. The first kappa shape index (κ1) is 17.7. The molecule has 1 atom stereocenters. The lowest BCUT2D eigenvalue weighted by atomic mass is 9.95. The molecule has 0 bridgehead atoms. The Labute approximate surface area is 150 Å². The maximum absolute atomic E-state index is 12.6. The van der Waals surface area contributed by atoms with Crippen LogP contribution in [0.5, 0.6) is 5.75 Å². The molecular formula is C20H19NO5. The fraction of sp³-hybridized carbons (Fsp3) is 0.200. The molecule has 6 heteroatoms. The van der Waals surface area contributed by atoms with Gasteiger partial charge in [0.15, 0.2) is 0 Å². The summed E-state index contributed by atoms with van der Waals surface area (Å²) >= 11 is 0. The van der Waals surface area contributed by atoms with Gasteiger partial charge in [0.25, 0.3) is 11.7 Å². The number of hydrogen-bond donors (Lipinski definition) is 2. The number of aromatic hydroxyl groups is 1. The number of methoxy groups -OCH3 is 1. The molecule has 134 valence electrons. The summed E-state index contributed by atoms with van der Waals surface area (Å²) in [4.78, 5) is 26.6. The number of phenolic OH excluding ortho intramolecular Hbond substituents is 1. The monoisotopic (exact) mass is 353 g/mol. The number of Topliss-reactive ketones (excluding diaryl/α,β-unsaturated/α-hetero) is 1. The number of amides is 1. The van der Waals surface area contributed by atoms with Gasteiger partial charge in [-0.3, -0.25) is 9.59 Å². The molecule has 0 aromatic heterocycles. The fourth-order valence-electron chi connectivity index (χ4n) is 3.05. The second-order valence-corrected chi connectivity index (χ2v) is 5.94. The van der Waals surface area contributed by atoms with Crippen molar-refractivity contribution in [3.05, 3.63) is 71.3 Å². The first-order valence-corrected chi connectivity index (χ1v) is 8.16. The lowest BCUT2D eigenvalue weighted by Crippen LogP contribution is -2.32. The zero-order chi connectivity index (χ0) is 18.7. The lowest BCUT2D eigenvalue weighted by Gasteiger charge is -2.25. The van der Waals surface area contributed by atoms with Crippen molar-refractivity contribution < 1.29 is 24.5 Å². The van der Waals surface area contributed by atoms with E-state index in [1.54, 1.807) is 42.5 Å². The Balaban J connectivity index is 2.15. The van der Waals surface area contributed by atoms with Gasteiger partial charge in [0.2, 0.25) is 0 Å². The second kappa shape index (κ2) is 7.41. The highest BCUT2D eigenvalue weighted by molar-refractivity contribution is 6.46. The first-order chi connectivity index (χ1) is 12.5. The van der Waals surface area contributed by atoms with Crippen LogP contribution in [0.1, 0.15) is 17.2 Å². The molecule has 1 aliphatic heterocycles. The minimum absolute atomic E-state index is 0.0305. The zero-order valence-electron chi connectivity index (χ0n) is 14.3.